The van der Waals surface area contributed by atoms with E-state index in [0.717, 1.165) is 29.0 Å². The molecule has 4 amide bonds. The summed E-state index contributed by atoms with van der Waals surface area (Å²) in [5, 5.41) is 2.76. The first kappa shape index (κ1) is 23.1. The molecule has 34 heavy (non-hydrogen) atoms. The summed E-state index contributed by atoms with van der Waals surface area (Å²) in [5.41, 5.74) is 2.51. The molecule has 0 aliphatic carbocycles. The van der Waals surface area contributed by atoms with Gasteiger partial charge < -0.3 is 10.2 Å². The SMILES string of the molecule is CCc1ccc(NC(=O)C[C@@H]2C(=O)N(c3ccc(F)cc3)C(=O)N2Cc2ccc(F)cc2)cc1. The van der Waals surface area contributed by atoms with Crippen molar-refractivity contribution in [3.63, 3.8) is 0 Å². The average molecular weight is 463 g/mol. The number of amides is 4. The molecule has 0 unspecified atom stereocenters. The zero-order valence-electron chi connectivity index (χ0n) is 18.5. The number of nitrogens with zero attached hydrogens (tertiary/aromatic N) is 2. The molecule has 1 aliphatic rings. The minimum absolute atomic E-state index is 0.00565. The van der Waals surface area contributed by atoms with E-state index >= 15 is 0 Å². The predicted octanol–water partition coefficient (Wildman–Crippen LogP) is 4.89. The summed E-state index contributed by atoms with van der Waals surface area (Å²) in [6.07, 6.45) is 0.601. The van der Waals surface area contributed by atoms with E-state index in [9.17, 15) is 23.2 Å². The Morgan fingerprint density at radius 2 is 1.41 bits per heavy atom. The molecule has 1 aliphatic heterocycles. The van der Waals surface area contributed by atoms with Crippen LogP contribution in [0.2, 0.25) is 0 Å². The van der Waals surface area contributed by atoms with Crippen LogP contribution in [0.15, 0.2) is 72.8 Å². The number of carbonyl (C=O) groups is 3. The molecular weight excluding hydrogens is 440 g/mol. The topological polar surface area (TPSA) is 69.7 Å². The first-order valence-electron chi connectivity index (χ1n) is 10.9. The van der Waals surface area contributed by atoms with Crippen molar-refractivity contribution in [3.05, 3.63) is 95.6 Å². The number of nitrogens with one attached hydrogen (secondary N) is 1. The number of carbonyl (C=O) groups excluding carboxylic acids is 3. The van der Waals surface area contributed by atoms with Crippen LogP contribution in [0.4, 0.5) is 25.0 Å². The first-order valence-corrected chi connectivity index (χ1v) is 10.9. The molecule has 4 rings (SSSR count). The highest BCUT2D eigenvalue weighted by molar-refractivity contribution is 6.22. The van der Waals surface area contributed by atoms with Crippen molar-refractivity contribution < 1.29 is 23.2 Å². The van der Waals surface area contributed by atoms with Gasteiger partial charge >= 0.3 is 6.03 Å². The number of benzene rings is 3. The van der Waals surface area contributed by atoms with Gasteiger partial charge in [0, 0.05) is 12.2 Å². The van der Waals surface area contributed by atoms with E-state index in [0.29, 0.717) is 11.3 Å². The van der Waals surface area contributed by atoms with Gasteiger partial charge in [0.2, 0.25) is 5.91 Å². The van der Waals surface area contributed by atoms with E-state index in [1.165, 1.54) is 41.3 Å². The summed E-state index contributed by atoms with van der Waals surface area (Å²) in [5.74, 6) is -1.95. The van der Waals surface area contributed by atoms with Gasteiger partial charge in [-0.15, -0.1) is 0 Å². The molecule has 1 atom stereocenters. The van der Waals surface area contributed by atoms with Crippen LogP contribution in [0.25, 0.3) is 0 Å². The standard InChI is InChI=1S/C26H23F2N3O3/c1-2-17-5-11-21(12-6-17)29-24(32)15-23-25(33)31(22-13-9-20(28)10-14-22)26(34)30(23)16-18-3-7-19(27)8-4-18/h3-14,23H,2,15-16H2,1H3,(H,29,32)/t23-/m1/s1. The lowest BCUT2D eigenvalue weighted by molar-refractivity contribution is -0.124. The van der Waals surface area contributed by atoms with Crippen molar-refractivity contribution in [1.29, 1.82) is 0 Å². The highest BCUT2D eigenvalue weighted by Crippen LogP contribution is 2.29. The molecule has 0 bridgehead atoms. The summed E-state index contributed by atoms with van der Waals surface area (Å²) in [6.45, 7) is 2.03. The number of anilines is 2. The third-order valence-electron chi connectivity index (χ3n) is 5.69. The van der Waals surface area contributed by atoms with Gasteiger partial charge in [-0.25, -0.2) is 18.5 Å². The maximum absolute atomic E-state index is 13.4. The van der Waals surface area contributed by atoms with Crippen molar-refractivity contribution in [3.8, 4) is 0 Å². The monoisotopic (exact) mass is 463 g/mol. The number of urea groups is 1. The molecule has 6 nitrogen and oxygen atoms in total. The maximum atomic E-state index is 13.4. The zero-order chi connectivity index (χ0) is 24.2. The molecular formula is C26H23F2N3O3. The van der Waals surface area contributed by atoms with Crippen LogP contribution in [0.5, 0.6) is 0 Å². The van der Waals surface area contributed by atoms with Crippen LogP contribution in [0.1, 0.15) is 24.5 Å². The lowest BCUT2D eigenvalue weighted by atomic mass is 10.1. The Balaban J connectivity index is 1.58. The van der Waals surface area contributed by atoms with Gasteiger partial charge in [-0.2, -0.15) is 0 Å². The van der Waals surface area contributed by atoms with E-state index in [4.69, 9.17) is 0 Å². The van der Waals surface area contributed by atoms with Gasteiger partial charge in [0.15, 0.2) is 0 Å². The van der Waals surface area contributed by atoms with E-state index in [1.54, 1.807) is 12.1 Å². The third kappa shape index (κ3) is 4.96. The van der Waals surface area contributed by atoms with Crippen LogP contribution in [0.3, 0.4) is 0 Å². The second-order valence-electron chi connectivity index (χ2n) is 8.01. The molecule has 0 saturated carbocycles. The number of imide groups is 1. The number of hydrogen-bond donors (Lipinski definition) is 1. The van der Waals surface area contributed by atoms with Gasteiger partial charge in [0.05, 0.1) is 12.1 Å². The fourth-order valence-electron chi connectivity index (χ4n) is 3.84. The van der Waals surface area contributed by atoms with E-state index < -0.39 is 35.5 Å². The second kappa shape index (κ2) is 9.82. The Labute approximate surface area is 195 Å². The van der Waals surface area contributed by atoms with Crippen LogP contribution in [0, 0.1) is 11.6 Å². The molecule has 1 N–H and O–H groups in total. The Kier molecular flexibility index (Phi) is 6.67. The van der Waals surface area contributed by atoms with Crippen molar-refractivity contribution in [2.75, 3.05) is 10.2 Å². The molecule has 1 fully saturated rings. The van der Waals surface area contributed by atoms with Crippen LogP contribution < -0.4 is 10.2 Å². The molecule has 1 saturated heterocycles. The Hall–Kier alpha value is -4.07. The summed E-state index contributed by atoms with van der Waals surface area (Å²) in [4.78, 5) is 41.5. The Bertz CT molecular complexity index is 1200. The lowest BCUT2D eigenvalue weighted by Gasteiger charge is -2.21. The van der Waals surface area contributed by atoms with Gasteiger partial charge in [-0.1, -0.05) is 31.2 Å². The maximum Gasteiger partial charge on any atom is 0.332 e. The number of hydrogen-bond acceptors (Lipinski definition) is 3. The quantitative estimate of drug-likeness (QED) is 0.507. The van der Waals surface area contributed by atoms with E-state index in [-0.39, 0.29) is 18.7 Å². The Morgan fingerprint density at radius 3 is 2.00 bits per heavy atom. The first-order chi connectivity index (χ1) is 16.4. The van der Waals surface area contributed by atoms with Crippen LogP contribution in [-0.4, -0.2) is 28.8 Å². The Morgan fingerprint density at radius 1 is 0.853 bits per heavy atom. The highest BCUT2D eigenvalue weighted by Gasteiger charge is 2.46. The van der Waals surface area contributed by atoms with Crippen molar-refractivity contribution in [2.24, 2.45) is 0 Å². The largest absolute Gasteiger partial charge is 0.332 e. The summed E-state index contributed by atoms with van der Waals surface area (Å²) < 4.78 is 26.7. The van der Waals surface area contributed by atoms with E-state index in [2.05, 4.69) is 5.32 Å². The number of halogens is 2. The molecule has 8 heteroatoms. The number of rotatable bonds is 7. The molecule has 1 heterocycles. The predicted molar refractivity (Wildman–Crippen MR) is 124 cm³/mol. The van der Waals surface area contributed by atoms with Crippen molar-refractivity contribution >= 4 is 29.2 Å². The minimum atomic E-state index is -1.07. The van der Waals surface area contributed by atoms with Gasteiger partial charge in [-0.05, 0) is 66.1 Å². The van der Waals surface area contributed by atoms with Crippen molar-refractivity contribution in [2.45, 2.75) is 32.4 Å². The normalized spacial score (nSPS) is 15.7. The van der Waals surface area contributed by atoms with Gasteiger partial charge in [0.25, 0.3) is 5.91 Å². The van der Waals surface area contributed by atoms with Gasteiger partial charge in [-0.3, -0.25) is 9.59 Å². The molecule has 0 aromatic heterocycles. The minimum Gasteiger partial charge on any atom is -0.326 e. The molecule has 174 valence electrons. The van der Waals surface area contributed by atoms with Crippen LogP contribution >= 0.6 is 0 Å². The van der Waals surface area contributed by atoms with Crippen molar-refractivity contribution in [1.82, 2.24) is 4.90 Å². The fraction of sp³-hybridized carbons (Fsp3) is 0.192. The summed E-state index contributed by atoms with van der Waals surface area (Å²) >= 11 is 0. The smallest absolute Gasteiger partial charge is 0.326 e. The average Bonchev–Trinajstić information content (AvgIpc) is 3.05. The van der Waals surface area contributed by atoms with E-state index in [1.807, 2.05) is 19.1 Å². The van der Waals surface area contributed by atoms with Crippen LogP contribution in [-0.2, 0) is 22.6 Å². The van der Waals surface area contributed by atoms with Gasteiger partial charge in [0.1, 0.15) is 17.7 Å². The number of aryl methyl sites for hydroxylation is 1. The lowest BCUT2D eigenvalue weighted by Crippen LogP contribution is -2.37. The molecule has 3 aromatic rings. The summed E-state index contributed by atoms with van der Waals surface area (Å²) in [6, 6.07) is 16.2. The molecule has 0 radical (unpaired) electrons. The fourth-order valence-corrected chi connectivity index (χ4v) is 3.84. The molecule has 0 spiro atoms. The zero-order valence-corrected chi connectivity index (χ0v) is 18.5. The highest BCUT2D eigenvalue weighted by atomic mass is 19.1. The molecule has 3 aromatic carbocycles. The third-order valence-corrected chi connectivity index (χ3v) is 5.69. The summed E-state index contributed by atoms with van der Waals surface area (Å²) in [7, 11) is 0. The second-order valence-corrected chi connectivity index (χ2v) is 8.01.